The second-order valence-electron chi connectivity index (χ2n) is 6.34. The largest absolute Gasteiger partial charge is 0.497 e. The molecule has 1 aromatic heterocycles. The number of nitrogens with zero attached hydrogens (tertiary/aromatic N) is 2. The Hall–Kier alpha value is -2.97. The number of methoxy groups -OCH3 is 1. The molecule has 156 valence electrons. The van der Waals surface area contributed by atoms with Crippen LogP contribution in [0.3, 0.4) is 0 Å². The minimum absolute atomic E-state index is 0.106. The first-order chi connectivity index (χ1) is 14.5. The van der Waals surface area contributed by atoms with E-state index in [-0.39, 0.29) is 12.5 Å². The molecule has 3 rings (SSSR count). The Balaban J connectivity index is 1.95. The molecule has 0 saturated heterocycles. The van der Waals surface area contributed by atoms with E-state index in [0.717, 1.165) is 5.56 Å². The molecule has 0 bridgehead atoms. The molecule has 0 amide bonds. The van der Waals surface area contributed by atoms with E-state index in [4.69, 9.17) is 21.7 Å². The highest BCUT2D eigenvalue weighted by Gasteiger charge is 2.27. The third-order valence-corrected chi connectivity index (χ3v) is 5.69. The fourth-order valence-electron chi connectivity index (χ4n) is 2.93. The van der Waals surface area contributed by atoms with Crippen LogP contribution in [0.25, 0.3) is 0 Å². The maximum absolute atomic E-state index is 12.7. The number of hydrogen-bond donors (Lipinski definition) is 1. The number of aliphatic imine (C=N–C) groups is 1. The van der Waals surface area contributed by atoms with Gasteiger partial charge in [-0.2, -0.15) is 0 Å². The summed E-state index contributed by atoms with van der Waals surface area (Å²) in [4.78, 5) is 17.5. The van der Waals surface area contributed by atoms with Gasteiger partial charge in [0.2, 0.25) is 5.88 Å². The van der Waals surface area contributed by atoms with Gasteiger partial charge < -0.3 is 14.6 Å². The number of carbonyl (C=O) groups excluding carboxylic acids is 1. The number of aromatic nitrogens is 1. The average Bonchev–Trinajstić information content (AvgIpc) is 3.04. The van der Waals surface area contributed by atoms with Crippen LogP contribution in [0.5, 0.6) is 11.6 Å². The van der Waals surface area contributed by atoms with Crippen molar-refractivity contribution in [2.75, 3.05) is 13.7 Å². The Bertz CT molecular complexity index is 1090. The first-order valence-corrected chi connectivity index (χ1v) is 10.6. The minimum Gasteiger partial charge on any atom is -0.497 e. The molecule has 1 atom stereocenters. The molecule has 8 heteroatoms. The predicted molar refractivity (Wildman–Crippen MR) is 121 cm³/mol. The molecule has 0 radical (unpaired) electrons. The van der Waals surface area contributed by atoms with E-state index in [9.17, 15) is 9.90 Å². The molecule has 30 heavy (non-hydrogen) atoms. The van der Waals surface area contributed by atoms with E-state index in [1.807, 2.05) is 48.5 Å². The van der Waals surface area contributed by atoms with Crippen molar-refractivity contribution in [3.05, 3.63) is 69.0 Å². The van der Waals surface area contributed by atoms with Crippen LogP contribution in [-0.4, -0.2) is 35.6 Å². The standard InChI is InChI=1S/C22H22N2O4S2/c1-3-28-21(26)18(12-15-8-5-4-6-9-15)24-20(25)19(30-22(24)29)14-23-16-10-7-11-17(13-16)27-2/h4-11,13-14,18,25H,3,12H2,1-2H3. The molecule has 1 unspecified atom stereocenters. The van der Waals surface area contributed by atoms with Crippen molar-refractivity contribution in [3.8, 4) is 11.6 Å². The summed E-state index contributed by atoms with van der Waals surface area (Å²) >= 11 is 6.64. The number of aromatic hydroxyl groups is 1. The van der Waals surface area contributed by atoms with Gasteiger partial charge in [-0.05, 0) is 36.8 Å². The lowest BCUT2D eigenvalue weighted by Crippen LogP contribution is -2.24. The van der Waals surface area contributed by atoms with Crippen molar-refractivity contribution >= 4 is 41.4 Å². The number of rotatable bonds is 8. The molecule has 0 aliphatic heterocycles. The van der Waals surface area contributed by atoms with Crippen molar-refractivity contribution in [1.29, 1.82) is 0 Å². The lowest BCUT2D eigenvalue weighted by atomic mass is 10.1. The second-order valence-corrected chi connectivity index (χ2v) is 8.02. The smallest absolute Gasteiger partial charge is 0.329 e. The van der Waals surface area contributed by atoms with Crippen molar-refractivity contribution in [2.45, 2.75) is 19.4 Å². The Morgan fingerprint density at radius 1 is 1.27 bits per heavy atom. The fraction of sp³-hybridized carbons (Fsp3) is 0.227. The van der Waals surface area contributed by atoms with E-state index in [0.29, 0.717) is 26.7 Å². The highest BCUT2D eigenvalue weighted by Crippen LogP contribution is 2.31. The van der Waals surface area contributed by atoms with Crippen LogP contribution in [0.1, 0.15) is 23.4 Å². The molecule has 0 aliphatic rings. The van der Waals surface area contributed by atoms with Crippen LogP contribution >= 0.6 is 23.6 Å². The molecule has 2 aromatic carbocycles. The maximum Gasteiger partial charge on any atom is 0.329 e. The van der Waals surface area contributed by atoms with Crippen LogP contribution in [0.2, 0.25) is 0 Å². The number of hydrogen-bond acceptors (Lipinski definition) is 7. The Kier molecular flexibility index (Phi) is 7.37. The van der Waals surface area contributed by atoms with Gasteiger partial charge in [0.05, 0.1) is 25.6 Å². The lowest BCUT2D eigenvalue weighted by molar-refractivity contribution is -0.147. The van der Waals surface area contributed by atoms with Crippen LogP contribution in [0.15, 0.2) is 59.6 Å². The molecule has 1 N–H and O–H groups in total. The van der Waals surface area contributed by atoms with Gasteiger partial charge in [-0.15, -0.1) is 0 Å². The van der Waals surface area contributed by atoms with Crippen LogP contribution in [0, 0.1) is 3.95 Å². The van der Waals surface area contributed by atoms with Gasteiger partial charge in [-0.25, -0.2) is 4.79 Å². The summed E-state index contributed by atoms with van der Waals surface area (Å²) < 4.78 is 12.3. The summed E-state index contributed by atoms with van der Waals surface area (Å²) in [6.45, 7) is 1.99. The van der Waals surface area contributed by atoms with Gasteiger partial charge in [-0.1, -0.05) is 47.7 Å². The molecule has 0 spiro atoms. The third kappa shape index (κ3) is 5.14. The quantitative estimate of drug-likeness (QED) is 0.299. The van der Waals surface area contributed by atoms with E-state index in [1.54, 1.807) is 20.1 Å². The van der Waals surface area contributed by atoms with Gasteiger partial charge in [-0.3, -0.25) is 9.56 Å². The first kappa shape index (κ1) is 21.7. The summed E-state index contributed by atoms with van der Waals surface area (Å²) in [5, 5.41) is 10.8. The van der Waals surface area contributed by atoms with Crippen molar-refractivity contribution < 1.29 is 19.4 Å². The van der Waals surface area contributed by atoms with Crippen LogP contribution in [0.4, 0.5) is 5.69 Å². The molecule has 0 fully saturated rings. The fourth-order valence-corrected chi connectivity index (χ4v) is 4.21. The monoisotopic (exact) mass is 442 g/mol. The number of esters is 1. The van der Waals surface area contributed by atoms with Crippen LogP contribution < -0.4 is 4.74 Å². The van der Waals surface area contributed by atoms with E-state index in [1.165, 1.54) is 22.1 Å². The Morgan fingerprint density at radius 2 is 2.03 bits per heavy atom. The van der Waals surface area contributed by atoms with E-state index >= 15 is 0 Å². The summed E-state index contributed by atoms with van der Waals surface area (Å²) in [5.74, 6) is 0.136. The first-order valence-electron chi connectivity index (χ1n) is 9.36. The summed E-state index contributed by atoms with van der Waals surface area (Å²) in [7, 11) is 1.59. The van der Waals surface area contributed by atoms with Gasteiger partial charge in [0.15, 0.2) is 3.95 Å². The van der Waals surface area contributed by atoms with E-state index in [2.05, 4.69) is 4.99 Å². The number of ether oxygens (including phenoxy) is 2. The highest BCUT2D eigenvalue weighted by atomic mass is 32.1. The molecule has 6 nitrogen and oxygen atoms in total. The highest BCUT2D eigenvalue weighted by molar-refractivity contribution is 7.73. The zero-order chi connectivity index (χ0) is 21.5. The number of carbonyl (C=O) groups is 1. The summed E-state index contributed by atoms with van der Waals surface area (Å²) in [6, 6.07) is 16.0. The average molecular weight is 443 g/mol. The number of benzene rings is 2. The van der Waals surface area contributed by atoms with Gasteiger partial charge >= 0.3 is 5.97 Å². The third-order valence-electron chi connectivity index (χ3n) is 4.37. The van der Waals surface area contributed by atoms with Gasteiger partial charge in [0, 0.05) is 12.5 Å². The van der Waals surface area contributed by atoms with E-state index < -0.39 is 12.0 Å². The molecule has 0 saturated carbocycles. The topological polar surface area (TPSA) is 73.0 Å². The van der Waals surface area contributed by atoms with Crippen LogP contribution in [-0.2, 0) is 16.0 Å². The summed E-state index contributed by atoms with van der Waals surface area (Å²) in [6.07, 6.45) is 1.89. The predicted octanol–water partition coefficient (Wildman–Crippen LogP) is 5.09. The van der Waals surface area contributed by atoms with Crippen molar-refractivity contribution in [2.24, 2.45) is 4.99 Å². The minimum atomic E-state index is -0.768. The number of thiazole rings is 1. The second kappa shape index (κ2) is 10.2. The van der Waals surface area contributed by atoms with Gasteiger partial charge in [0.1, 0.15) is 16.7 Å². The molecular formula is C22H22N2O4S2. The van der Waals surface area contributed by atoms with Crippen molar-refractivity contribution in [3.63, 3.8) is 0 Å². The normalized spacial score (nSPS) is 12.1. The zero-order valence-corrected chi connectivity index (χ0v) is 18.3. The Labute approximate surface area is 184 Å². The molecule has 3 aromatic rings. The SMILES string of the molecule is CCOC(=O)C(Cc1ccccc1)n1c(O)c(C=Nc2cccc(OC)c2)sc1=S. The van der Waals surface area contributed by atoms with Gasteiger partial charge in [0.25, 0.3) is 0 Å². The molecule has 0 aliphatic carbocycles. The molecular weight excluding hydrogens is 420 g/mol. The summed E-state index contributed by atoms with van der Waals surface area (Å²) in [5.41, 5.74) is 1.61. The maximum atomic E-state index is 12.7. The van der Waals surface area contributed by atoms with Crippen molar-refractivity contribution in [1.82, 2.24) is 4.57 Å². The molecule has 1 heterocycles. The Morgan fingerprint density at radius 3 is 2.73 bits per heavy atom. The lowest BCUT2D eigenvalue weighted by Gasteiger charge is -2.18. The zero-order valence-electron chi connectivity index (χ0n) is 16.6.